The van der Waals surface area contributed by atoms with E-state index in [1.54, 1.807) is 0 Å². The number of rotatable bonds is 0. The summed E-state index contributed by atoms with van der Waals surface area (Å²) >= 11 is 0. The van der Waals surface area contributed by atoms with Gasteiger partial charge in [-0.2, -0.15) is 0 Å². The van der Waals surface area contributed by atoms with Crippen molar-refractivity contribution in [2.75, 3.05) is 6.54 Å². The average Bonchev–Trinajstić information content (AvgIpc) is 1.86. The minimum atomic E-state index is 0. The Bertz CT molecular complexity index is 66.1. The molecule has 1 N–H and O–H groups in total. The summed E-state index contributed by atoms with van der Waals surface area (Å²) in [6, 6.07) is 0. The fraction of sp³-hybridized carbons (Fsp3) is 0.750. The fourth-order valence-corrected chi connectivity index (χ4v) is 0.565. The van der Waals surface area contributed by atoms with E-state index in [2.05, 4.69) is 5.32 Å². The van der Waals surface area contributed by atoms with Crippen molar-refractivity contribution in [2.24, 2.45) is 0 Å². The first kappa shape index (κ1) is 7.95. The third-order valence-electron chi connectivity index (χ3n) is 0.903. The number of carbonyl (C=O) groups is 1. The zero-order valence-corrected chi connectivity index (χ0v) is 7.71. The molecule has 0 unspecified atom stereocenters. The normalized spacial score (nSPS) is 18.0. The zero-order chi connectivity index (χ0) is 4.41. The molecule has 0 aromatic rings. The zero-order valence-electron chi connectivity index (χ0n) is 4.24. The predicted octanol–water partition coefficient (Wildman–Crippen LogP) is -0.484. The van der Waals surface area contributed by atoms with E-state index in [9.17, 15) is 4.79 Å². The minimum Gasteiger partial charge on any atom is -0.356 e. The summed E-state index contributed by atoms with van der Waals surface area (Å²) in [5.41, 5.74) is 0. The molecule has 1 saturated heterocycles. The molecule has 1 aliphatic rings. The van der Waals surface area contributed by atoms with Crippen molar-refractivity contribution in [3.05, 3.63) is 0 Å². The van der Waals surface area contributed by atoms with Gasteiger partial charge in [0.05, 0.1) is 0 Å². The Balaban J connectivity index is 0.000000360. The van der Waals surface area contributed by atoms with Crippen molar-refractivity contribution in [3.8, 4) is 0 Å². The van der Waals surface area contributed by atoms with E-state index >= 15 is 0 Å². The Kier molecular flexibility index (Phi) is 4.42. The molecule has 0 saturated carbocycles. The molecule has 1 amide bonds. The molecule has 7 heavy (non-hydrogen) atoms. The quantitative estimate of drug-likeness (QED) is 0.492. The number of hydrogen-bond donors (Lipinski definition) is 1. The van der Waals surface area contributed by atoms with Gasteiger partial charge in [0.1, 0.15) is 0 Å². The molecule has 0 bridgehead atoms. The van der Waals surface area contributed by atoms with Gasteiger partial charge in [0.2, 0.25) is 5.91 Å². The second-order valence-electron chi connectivity index (χ2n) is 1.45. The second kappa shape index (κ2) is 3.89. The van der Waals surface area contributed by atoms with Crippen LogP contribution >= 0.6 is 0 Å². The molecule has 0 atom stereocenters. The SMILES string of the molecule is O=C1CCCN1.[Sr]. The molecule has 1 aliphatic heterocycles. The van der Waals surface area contributed by atoms with E-state index < -0.39 is 0 Å². The summed E-state index contributed by atoms with van der Waals surface area (Å²) in [4.78, 5) is 10.1. The number of hydrogen-bond acceptors (Lipinski definition) is 1. The first-order valence-corrected chi connectivity index (χ1v) is 2.16. The standard InChI is InChI=1S/C4H7NO.Sr/c6-4-2-1-3-5-4;/h1-3H2,(H,5,6);. The van der Waals surface area contributed by atoms with E-state index in [-0.39, 0.29) is 51.4 Å². The molecule has 36 valence electrons. The Hall–Kier alpha value is 0.951. The van der Waals surface area contributed by atoms with Crippen LogP contribution in [0.15, 0.2) is 0 Å². The summed E-state index contributed by atoms with van der Waals surface area (Å²) in [7, 11) is 0. The first-order chi connectivity index (χ1) is 2.89. The van der Waals surface area contributed by atoms with Gasteiger partial charge >= 0.3 is 0 Å². The summed E-state index contributed by atoms with van der Waals surface area (Å²) in [6.07, 6.45) is 1.76. The third kappa shape index (κ3) is 2.69. The largest absolute Gasteiger partial charge is 0.356 e. The molecule has 2 radical (unpaired) electrons. The third-order valence-corrected chi connectivity index (χ3v) is 0.903. The molecule has 0 aromatic carbocycles. The second-order valence-corrected chi connectivity index (χ2v) is 1.45. The van der Waals surface area contributed by atoms with E-state index in [0.717, 1.165) is 19.4 Å². The Morgan fingerprint density at radius 2 is 2.29 bits per heavy atom. The molecular weight excluding hydrogens is 166 g/mol. The maximum Gasteiger partial charge on any atom is 0.220 e. The van der Waals surface area contributed by atoms with Crippen LogP contribution in [0, 0.1) is 0 Å². The maximum absolute atomic E-state index is 10.1. The van der Waals surface area contributed by atoms with Crippen LogP contribution in [-0.2, 0) is 4.79 Å². The summed E-state index contributed by atoms with van der Waals surface area (Å²) in [6.45, 7) is 0.888. The van der Waals surface area contributed by atoms with Gasteiger partial charge in [-0.15, -0.1) is 0 Å². The van der Waals surface area contributed by atoms with E-state index in [1.807, 2.05) is 0 Å². The smallest absolute Gasteiger partial charge is 0.220 e. The van der Waals surface area contributed by atoms with Crippen LogP contribution in [-0.4, -0.2) is 57.9 Å². The van der Waals surface area contributed by atoms with Gasteiger partial charge in [0.25, 0.3) is 0 Å². The van der Waals surface area contributed by atoms with E-state index in [4.69, 9.17) is 0 Å². The molecule has 0 spiro atoms. The molecule has 3 heteroatoms. The summed E-state index contributed by atoms with van der Waals surface area (Å²) in [5, 5.41) is 2.68. The topological polar surface area (TPSA) is 29.1 Å². The van der Waals surface area contributed by atoms with E-state index in [1.165, 1.54) is 0 Å². The van der Waals surface area contributed by atoms with Crippen LogP contribution in [0.5, 0.6) is 0 Å². The van der Waals surface area contributed by atoms with Gasteiger partial charge in [-0.25, -0.2) is 0 Å². The Morgan fingerprint density at radius 3 is 2.43 bits per heavy atom. The molecule has 1 heterocycles. The Morgan fingerprint density at radius 1 is 1.57 bits per heavy atom. The molecular formula is C4H7NOSr. The number of amides is 1. The average molecular weight is 173 g/mol. The van der Waals surface area contributed by atoms with Crippen LogP contribution in [0.2, 0.25) is 0 Å². The van der Waals surface area contributed by atoms with Gasteiger partial charge in [-0.3, -0.25) is 4.79 Å². The van der Waals surface area contributed by atoms with Crippen molar-refractivity contribution < 1.29 is 4.79 Å². The summed E-state index contributed by atoms with van der Waals surface area (Å²) in [5.74, 6) is 0.204. The van der Waals surface area contributed by atoms with Crippen molar-refractivity contribution in [2.45, 2.75) is 12.8 Å². The molecule has 0 aliphatic carbocycles. The first-order valence-electron chi connectivity index (χ1n) is 2.16. The minimum absolute atomic E-state index is 0. The van der Waals surface area contributed by atoms with Crippen molar-refractivity contribution >= 4 is 51.4 Å². The van der Waals surface area contributed by atoms with Crippen LogP contribution in [0.25, 0.3) is 0 Å². The van der Waals surface area contributed by atoms with Gasteiger partial charge in [0.15, 0.2) is 0 Å². The van der Waals surface area contributed by atoms with Crippen LogP contribution in [0.4, 0.5) is 0 Å². The van der Waals surface area contributed by atoms with E-state index in [0.29, 0.717) is 0 Å². The molecule has 1 fully saturated rings. The van der Waals surface area contributed by atoms with Gasteiger partial charge in [-0.1, -0.05) is 0 Å². The monoisotopic (exact) mass is 173 g/mol. The maximum atomic E-state index is 10.1. The number of carbonyl (C=O) groups excluding carboxylic acids is 1. The van der Waals surface area contributed by atoms with Crippen molar-refractivity contribution in [1.29, 1.82) is 0 Å². The Labute approximate surface area is 79.9 Å². The van der Waals surface area contributed by atoms with Gasteiger partial charge in [-0.05, 0) is 6.42 Å². The van der Waals surface area contributed by atoms with Crippen LogP contribution < -0.4 is 5.32 Å². The molecule has 0 aromatic heterocycles. The fourth-order valence-electron chi connectivity index (χ4n) is 0.565. The van der Waals surface area contributed by atoms with Crippen molar-refractivity contribution in [1.82, 2.24) is 5.32 Å². The summed E-state index contributed by atoms with van der Waals surface area (Å²) < 4.78 is 0. The predicted molar refractivity (Wildman–Crippen MR) is 28.0 cm³/mol. The van der Waals surface area contributed by atoms with Crippen LogP contribution in [0.1, 0.15) is 12.8 Å². The van der Waals surface area contributed by atoms with Gasteiger partial charge in [0, 0.05) is 58.4 Å². The van der Waals surface area contributed by atoms with Gasteiger partial charge < -0.3 is 5.32 Å². The molecule has 2 nitrogen and oxygen atoms in total. The van der Waals surface area contributed by atoms with Crippen LogP contribution in [0.3, 0.4) is 0 Å². The molecule has 1 rings (SSSR count). The number of nitrogens with one attached hydrogen (secondary N) is 1. The van der Waals surface area contributed by atoms with Crippen molar-refractivity contribution in [3.63, 3.8) is 0 Å².